The van der Waals surface area contributed by atoms with Crippen molar-refractivity contribution in [1.29, 1.82) is 0 Å². The summed E-state index contributed by atoms with van der Waals surface area (Å²) in [7, 11) is 0. The second-order valence-corrected chi connectivity index (χ2v) is 6.91. The molecule has 0 aliphatic carbocycles. The Morgan fingerprint density at radius 1 is 0.871 bits per heavy atom. The van der Waals surface area contributed by atoms with E-state index in [1.807, 2.05) is 0 Å². The predicted octanol–water partition coefficient (Wildman–Crippen LogP) is -3.28. The van der Waals surface area contributed by atoms with Crippen LogP contribution in [0.5, 0.6) is 5.75 Å². The van der Waals surface area contributed by atoms with E-state index in [0.717, 1.165) is 0 Å². The number of aliphatic carboxylic acids is 1. The molecule has 0 aliphatic rings. The number of phenols is 1. The molecule has 0 aliphatic heterocycles. The summed E-state index contributed by atoms with van der Waals surface area (Å²) in [6, 6.07) is 0.264. The second-order valence-electron chi connectivity index (χ2n) is 6.55. The summed E-state index contributed by atoms with van der Waals surface area (Å²) in [6.07, 6.45) is -0.121. The number of aliphatic hydroxyl groups is 2. The van der Waals surface area contributed by atoms with Gasteiger partial charge < -0.3 is 42.1 Å². The van der Waals surface area contributed by atoms with Crippen molar-refractivity contribution in [2.24, 2.45) is 5.73 Å². The first kappa shape index (κ1) is 26.2. The van der Waals surface area contributed by atoms with Gasteiger partial charge in [0.05, 0.1) is 19.3 Å². The summed E-state index contributed by atoms with van der Waals surface area (Å²) in [6.45, 7) is -1.68. The van der Waals surface area contributed by atoms with Crippen molar-refractivity contribution in [3.63, 3.8) is 0 Å². The van der Waals surface area contributed by atoms with E-state index in [-0.39, 0.29) is 17.9 Å². The zero-order chi connectivity index (χ0) is 23.6. The number of amides is 3. The third-order valence-electron chi connectivity index (χ3n) is 4.16. The van der Waals surface area contributed by atoms with Gasteiger partial charge in [0.1, 0.15) is 23.9 Å². The highest BCUT2D eigenvalue weighted by atomic mass is 32.1. The van der Waals surface area contributed by atoms with E-state index >= 15 is 0 Å². The van der Waals surface area contributed by atoms with Gasteiger partial charge in [0.2, 0.25) is 17.7 Å². The van der Waals surface area contributed by atoms with E-state index < -0.39 is 61.1 Å². The number of phenolic OH excluding ortho intramolecular Hbond substituents is 1. The average molecular weight is 458 g/mol. The largest absolute Gasteiger partial charge is 0.508 e. The molecule has 0 saturated carbocycles. The number of hydrogen-bond acceptors (Lipinski definition) is 9. The second kappa shape index (κ2) is 12.7. The van der Waals surface area contributed by atoms with Crippen LogP contribution in [0.25, 0.3) is 0 Å². The van der Waals surface area contributed by atoms with Crippen LogP contribution in [0.2, 0.25) is 0 Å². The van der Waals surface area contributed by atoms with E-state index in [0.29, 0.717) is 5.56 Å². The fourth-order valence-electron chi connectivity index (χ4n) is 2.36. The van der Waals surface area contributed by atoms with Crippen molar-refractivity contribution >= 4 is 36.3 Å². The highest BCUT2D eigenvalue weighted by molar-refractivity contribution is 7.80. The molecule has 172 valence electrons. The Balaban J connectivity index is 2.78. The fourth-order valence-corrected chi connectivity index (χ4v) is 2.53. The maximum Gasteiger partial charge on any atom is 0.326 e. The normalized spacial score (nSPS) is 14.6. The zero-order valence-corrected chi connectivity index (χ0v) is 17.3. The molecule has 1 rings (SSSR count). The molecule has 0 spiro atoms. The van der Waals surface area contributed by atoms with Gasteiger partial charge in [-0.3, -0.25) is 14.4 Å². The van der Waals surface area contributed by atoms with Gasteiger partial charge in [-0.1, -0.05) is 12.1 Å². The van der Waals surface area contributed by atoms with Crippen molar-refractivity contribution in [2.75, 3.05) is 19.0 Å². The maximum atomic E-state index is 12.4. The van der Waals surface area contributed by atoms with E-state index in [1.165, 1.54) is 24.3 Å². The van der Waals surface area contributed by atoms with Crippen LogP contribution in [0.15, 0.2) is 24.3 Å². The Hall–Kier alpha value is -2.87. The first-order valence-corrected chi connectivity index (χ1v) is 9.76. The van der Waals surface area contributed by atoms with Gasteiger partial charge in [0.15, 0.2) is 0 Å². The number of nitrogens with one attached hydrogen (secondary N) is 3. The molecule has 0 heterocycles. The smallest absolute Gasteiger partial charge is 0.326 e. The van der Waals surface area contributed by atoms with Crippen molar-refractivity contribution < 1.29 is 39.6 Å². The number of thiol groups is 1. The van der Waals surface area contributed by atoms with E-state index in [2.05, 4.69) is 28.6 Å². The Morgan fingerprint density at radius 3 is 1.74 bits per heavy atom. The minimum absolute atomic E-state index is 0.00905. The molecule has 13 heteroatoms. The molecule has 1 aromatic carbocycles. The number of aromatic hydroxyl groups is 1. The quantitative estimate of drug-likeness (QED) is 0.143. The number of nitrogens with two attached hydrogens (primary N) is 1. The zero-order valence-electron chi connectivity index (χ0n) is 16.4. The number of carbonyl (C=O) groups is 4. The molecule has 31 heavy (non-hydrogen) atoms. The molecule has 0 radical (unpaired) electrons. The summed E-state index contributed by atoms with van der Waals surface area (Å²) < 4.78 is 0. The highest BCUT2D eigenvalue weighted by Crippen LogP contribution is 2.11. The van der Waals surface area contributed by atoms with Crippen molar-refractivity contribution in [1.82, 2.24) is 16.0 Å². The lowest BCUT2D eigenvalue weighted by Crippen LogP contribution is -2.59. The van der Waals surface area contributed by atoms with Crippen LogP contribution in [-0.2, 0) is 25.6 Å². The molecule has 0 bridgehead atoms. The number of carboxylic acids is 1. The molecule has 3 amide bonds. The molecule has 1 aromatic rings. The Kier molecular flexibility index (Phi) is 10.8. The first-order valence-electron chi connectivity index (χ1n) is 9.12. The number of rotatable bonds is 12. The number of hydrogen-bond donors (Lipinski definition) is 9. The summed E-state index contributed by atoms with van der Waals surface area (Å²) in [4.78, 5) is 47.9. The van der Waals surface area contributed by atoms with Crippen molar-refractivity contribution in [2.45, 2.75) is 30.6 Å². The van der Waals surface area contributed by atoms with Gasteiger partial charge >= 0.3 is 5.97 Å². The van der Waals surface area contributed by atoms with Crippen LogP contribution in [0.4, 0.5) is 0 Å². The third-order valence-corrected chi connectivity index (χ3v) is 4.55. The van der Waals surface area contributed by atoms with E-state index in [1.54, 1.807) is 0 Å². The Labute approximate surface area is 183 Å². The monoisotopic (exact) mass is 458 g/mol. The van der Waals surface area contributed by atoms with Gasteiger partial charge in [-0.25, -0.2) is 4.79 Å². The van der Waals surface area contributed by atoms with Gasteiger partial charge in [-0.05, 0) is 17.7 Å². The molecule has 12 nitrogen and oxygen atoms in total. The minimum atomic E-state index is -1.54. The number of benzene rings is 1. The number of carbonyl (C=O) groups excluding carboxylic acids is 3. The summed E-state index contributed by atoms with van der Waals surface area (Å²) in [5.41, 5.74) is 5.99. The third kappa shape index (κ3) is 8.41. The molecule has 9 N–H and O–H groups in total. The van der Waals surface area contributed by atoms with Crippen LogP contribution < -0.4 is 21.7 Å². The molecule has 0 aromatic heterocycles. The number of carboxylic acid groups (broad SMARTS) is 1. The van der Waals surface area contributed by atoms with E-state index in [4.69, 9.17) is 5.73 Å². The SMILES string of the molecule is NC(CS)C(=O)NC(CO)C(=O)NC(CO)C(=O)NC(Cc1ccc(O)cc1)C(=O)O. The van der Waals surface area contributed by atoms with Crippen LogP contribution >= 0.6 is 12.6 Å². The van der Waals surface area contributed by atoms with Gasteiger partial charge in [0.25, 0.3) is 0 Å². The minimum Gasteiger partial charge on any atom is -0.508 e. The molecular formula is C18H26N4O8S. The van der Waals surface area contributed by atoms with Gasteiger partial charge in [0, 0.05) is 12.2 Å². The van der Waals surface area contributed by atoms with Crippen LogP contribution in [0, 0.1) is 0 Å². The van der Waals surface area contributed by atoms with Crippen LogP contribution in [-0.4, -0.2) is 87.3 Å². The van der Waals surface area contributed by atoms with Crippen molar-refractivity contribution in [3.05, 3.63) is 29.8 Å². The summed E-state index contributed by atoms with van der Waals surface area (Å²) in [5.74, 6) is -4.10. The first-order chi connectivity index (χ1) is 14.6. The van der Waals surface area contributed by atoms with E-state index in [9.17, 15) is 39.6 Å². The standard InChI is InChI=1S/C18H26N4O8S/c19-11(8-31)15(26)21-13(6-23)17(28)22-14(7-24)16(27)20-12(18(29)30)5-9-1-3-10(25)4-2-9/h1-4,11-14,23-25,31H,5-8,19H2,(H,20,27)(H,21,26)(H,22,28)(H,29,30). The Bertz CT molecular complexity index is 776. The summed E-state index contributed by atoms with van der Waals surface area (Å²) >= 11 is 3.85. The topological polar surface area (TPSA) is 211 Å². The lowest BCUT2D eigenvalue weighted by atomic mass is 10.1. The highest BCUT2D eigenvalue weighted by Gasteiger charge is 2.29. The van der Waals surface area contributed by atoms with Gasteiger partial charge in [-0.2, -0.15) is 12.6 Å². The number of aliphatic hydroxyl groups excluding tert-OH is 2. The predicted molar refractivity (Wildman–Crippen MR) is 111 cm³/mol. The molecule has 0 fully saturated rings. The van der Waals surface area contributed by atoms with Crippen LogP contribution in [0.1, 0.15) is 5.56 Å². The maximum absolute atomic E-state index is 12.4. The van der Waals surface area contributed by atoms with Crippen molar-refractivity contribution in [3.8, 4) is 5.75 Å². The van der Waals surface area contributed by atoms with Gasteiger partial charge in [-0.15, -0.1) is 0 Å². The fraction of sp³-hybridized carbons (Fsp3) is 0.444. The Morgan fingerprint density at radius 2 is 1.32 bits per heavy atom. The molecule has 4 unspecified atom stereocenters. The molecular weight excluding hydrogens is 432 g/mol. The average Bonchev–Trinajstić information content (AvgIpc) is 2.75. The molecule has 4 atom stereocenters. The van der Waals surface area contributed by atoms with Crippen LogP contribution in [0.3, 0.4) is 0 Å². The summed E-state index contributed by atoms with van der Waals surface area (Å²) in [5, 5.41) is 44.0. The lowest BCUT2D eigenvalue weighted by Gasteiger charge is -2.23. The lowest BCUT2D eigenvalue weighted by molar-refractivity contribution is -0.142. The molecule has 0 saturated heterocycles.